The van der Waals surface area contributed by atoms with Crippen molar-refractivity contribution in [2.45, 2.75) is 38.1 Å². The second-order valence-electron chi connectivity index (χ2n) is 9.63. The Hall–Kier alpha value is -3.85. The highest BCUT2D eigenvalue weighted by atomic mass is 32.2. The maximum atomic E-state index is 13.9. The summed E-state index contributed by atoms with van der Waals surface area (Å²) in [4.78, 5) is 28.4. The largest absolute Gasteiger partial charge is 0.495 e. The molecule has 1 atom stereocenters. The SMILES string of the molecule is COc1ccccc1N(CC(=O)N(CCc1ccccc1)C(C)C(=O)NCC(C)C)S(=O)(=O)c1ccccc1. The van der Waals surface area contributed by atoms with E-state index in [0.717, 1.165) is 9.87 Å². The second-order valence-corrected chi connectivity index (χ2v) is 11.5. The fraction of sp³-hybridized carbons (Fsp3) is 0.333. The van der Waals surface area contributed by atoms with E-state index in [1.165, 1.54) is 24.1 Å². The third-order valence-electron chi connectivity index (χ3n) is 6.30. The zero-order chi connectivity index (χ0) is 28.4. The molecule has 0 radical (unpaired) electrons. The number of anilines is 1. The van der Waals surface area contributed by atoms with Crippen molar-refractivity contribution in [3.05, 3.63) is 90.5 Å². The molecule has 0 fully saturated rings. The molecule has 9 heteroatoms. The molecule has 3 aromatic rings. The maximum absolute atomic E-state index is 13.9. The molecule has 8 nitrogen and oxygen atoms in total. The maximum Gasteiger partial charge on any atom is 0.264 e. The average Bonchev–Trinajstić information content (AvgIpc) is 2.95. The third-order valence-corrected chi connectivity index (χ3v) is 8.07. The van der Waals surface area contributed by atoms with Crippen molar-refractivity contribution in [3.8, 4) is 5.75 Å². The van der Waals surface area contributed by atoms with Crippen LogP contribution in [-0.2, 0) is 26.0 Å². The summed E-state index contributed by atoms with van der Waals surface area (Å²) in [6, 6.07) is 23.4. The molecule has 2 amide bonds. The standard InChI is InChI=1S/C30H37N3O5S/c1-23(2)21-31-30(35)24(3)32(20-19-25-13-7-5-8-14-25)29(34)22-33(27-17-11-12-18-28(27)38-4)39(36,37)26-15-9-6-10-16-26/h5-18,23-24H,19-22H2,1-4H3,(H,31,35). The molecular weight excluding hydrogens is 514 g/mol. The minimum Gasteiger partial charge on any atom is -0.495 e. The van der Waals surface area contributed by atoms with Crippen LogP contribution in [0.3, 0.4) is 0 Å². The van der Waals surface area contributed by atoms with Gasteiger partial charge >= 0.3 is 0 Å². The number of hydrogen-bond donors (Lipinski definition) is 1. The number of nitrogens with one attached hydrogen (secondary N) is 1. The van der Waals surface area contributed by atoms with Crippen LogP contribution >= 0.6 is 0 Å². The van der Waals surface area contributed by atoms with Crippen molar-refractivity contribution >= 4 is 27.5 Å². The molecule has 39 heavy (non-hydrogen) atoms. The molecule has 3 rings (SSSR count). The van der Waals surface area contributed by atoms with Crippen LogP contribution < -0.4 is 14.4 Å². The third kappa shape index (κ3) is 7.83. The van der Waals surface area contributed by atoms with Gasteiger partial charge in [-0.05, 0) is 49.1 Å². The molecule has 208 valence electrons. The van der Waals surface area contributed by atoms with E-state index >= 15 is 0 Å². The van der Waals surface area contributed by atoms with E-state index in [0.29, 0.717) is 18.7 Å². The molecule has 0 heterocycles. The fourth-order valence-corrected chi connectivity index (χ4v) is 5.54. The topological polar surface area (TPSA) is 96.0 Å². The Morgan fingerprint density at radius 3 is 2.08 bits per heavy atom. The number of sulfonamides is 1. The van der Waals surface area contributed by atoms with E-state index in [2.05, 4.69) is 5.32 Å². The number of hydrogen-bond acceptors (Lipinski definition) is 5. The first-order valence-electron chi connectivity index (χ1n) is 13.0. The molecule has 0 spiro atoms. The summed E-state index contributed by atoms with van der Waals surface area (Å²) >= 11 is 0. The van der Waals surface area contributed by atoms with Gasteiger partial charge in [-0.1, -0.05) is 74.5 Å². The Morgan fingerprint density at radius 1 is 0.872 bits per heavy atom. The lowest BCUT2D eigenvalue weighted by Crippen LogP contribution is -2.52. The fourth-order valence-electron chi connectivity index (χ4n) is 4.09. The van der Waals surface area contributed by atoms with Gasteiger partial charge in [-0.25, -0.2) is 8.42 Å². The number of rotatable bonds is 13. The summed E-state index contributed by atoms with van der Waals surface area (Å²) in [5.74, 6) is -0.238. The molecule has 0 aliphatic carbocycles. The van der Waals surface area contributed by atoms with E-state index < -0.39 is 28.5 Å². The summed E-state index contributed by atoms with van der Waals surface area (Å²) in [5.41, 5.74) is 1.24. The van der Waals surface area contributed by atoms with Crippen LogP contribution in [0.25, 0.3) is 0 Å². The molecule has 0 aromatic heterocycles. The molecule has 3 aromatic carbocycles. The first-order chi connectivity index (χ1) is 18.6. The van der Waals surface area contributed by atoms with Crippen LogP contribution in [-0.4, -0.2) is 57.9 Å². The lowest BCUT2D eigenvalue weighted by molar-refractivity contribution is -0.138. The average molecular weight is 552 g/mol. The van der Waals surface area contributed by atoms with Gasteiger partial charge in [-0.2, -0.15) is 0 Å². The lowest BCUT2D eigenvalue weighted by atomic mass is 10.1. The minimum atomic E-state index is -4.14. The van der Waals surface area contributed by atoms with Crippen LogP contribution in [0.4, 0.5) is 5.69 Å². The van der Waals surface area contributed by atoms with Crippen molar-refractivity contribution in [1.29, 1.82) is 0 Å². The van der Waals surface area contributed by atoms with E-state index in [-0.39, 0.29) is 29.0 Å². The molecular formula is C30H37N3O5S. The molecule has 0 saturated heterocycles. The quantitative estimate of drug-likeness (QED) is 0.345. The Morgan fingerprint density at radius 2 is 1.46 bits per heavy atom. The summed E-state index contributed by atoms with van der Waals surface area (Å²) < 4.78 is 34.2. The number of methoxy groups -OCH3 is 1. The van der Waals surface area contributed by atoms with E-state index in [4.69, 9.17) is 4.74 Å². The Kier molecular flexibility index (Phi) is 10.5. The number of carbonyl (C=O) groups excluding carboxylic acids is 2. The summed E-state index contributed by atoms with van der Waals surface area (Å²) in [6.07, 6.45) is 0.508. The van der Waals surface area contributed by atoms with E-state index in [9.17, 15) is 18.0 Å². The van der Waals surface area contributed by atoms with Crippen LogP contribution in [0.2, 0.25) is 0 Å². The van der Waals surface area contributed by atoms with Crippen molar-refractivity contribution in [2.24, 2.45) is 5.92 Å². The van der Waals surface area contributed by atoms with Crippen molar-refractivity contribution < 1.29 is 22.7 Å². The van der Waals surface area contributed by atoms with E-state index in [1.807, 2.05) is 44.2 Å². The zero-order valence-corrected chi connectivity index (χ0v) is 23.7. The Labute approximate surface area is 231 Å². The highest BCUT2D eigenvalue weighted by Crippen LogP contribution is 2.32. The van der Waals surface area contributed by atoms with Crippen LogP contribution in [0.15, 0.2) is 89.8 Å². The molecule has 1 unspecified atom stereocenters. The normalized spacial score (nSPS) is 12.0. The van der Waals surface area contributed by atoms with Crippen molar-refractivity contribution in [2.75, 3.05) is 31.0 Å². The van der Waals surface area contributed by atoms with Crippen LogP contribution in [0.5, 0.6) is 5.75 Å². The van der Waals surface area contributed by atoms with Gasteiger partial charge in [0.25, 0.3) is 10.0 Å². The van der Waals surface area contributed by atoms with Gasteiger partial charge in [0.15, 0.2) is 0 Å². The molecule has 0 aliphatic heterocycles. The van der Waals surface area contributed by atoms with Crippen molar-refractivity contribution in [1.82, 2.24) is 10.2 Å². The number of nitrogens with zero attached hydrogens (tertiary/aromatic N) is 2. The van der Waals surface area contributed by atoms with Gasteiger partial charge in [0.2, 0.25) is 11.8 Å². The van der Waals surface area contributed by atoms with E-state index in [1.54, 1.807) is 49.4 Å². The summed E-state index contributed by atoms with van der Waals surface area (Å²) in [6.45, 7) is 5.85. The van der Waals surface area contributed by atoms with Gasteiger partial charge < -0.3 is 15.0 Å². The van der Waals surface area contributed by atoms with Gasteiger partial charge in [0.05, 0.1) is 17.7 Å². The number of carbonyl (C=O) groups is 2. The molecule has 1 N–H and O–H groups in total. The first kappa shape index (κ1) is 29.7. The molecule has 0 aliphatic rings. The van der Waals surface area contributed by atoms with Gasteiger partial charge in [0, 0.05) is 13.1 Å². The Balaban J connectivity index is 1.98. The van der Waals surface area contributed by atoms with Gasteiger partial charge in [0.1, 0.15) is 18.3 Å². The second kappa shape index (κ2) is 13.8. The molecule has 0 bridgehead atoms. The number of para-hydroxylation sites is 2. The smallest absolute Gasteiger partial charge is 0.264 e. The predicted octanol–water partition coefficient (Wildman–Crippen LogP) is 4.12. The monoisotopic (exact) mass is 551 g/mol. The van der Waals surface area contributed by atoms with Gasteiger partial charge in [-0.15, -0.1) is 0 Å². The highest BCUT2D eigenvalue weighted by Gasteiger charge is 2.33. The Bertz CT molecular complexity index is 1330. The number of benzene rings is 3. The zero-order valence-electron chi connectivity index (χ0n) is 22.9. The van der Waals surface area contributed by atoms with Crippen molar-refractivity contribution in [3.63, 3.8) is 0 Å². The van der Waals surface area contributed by atoms with Gasteiger partial charge in [-0.3, -0.25) is 13.9 Å². The van der Waals surface area contributed by atoms with Crippen LogP contribution in [0, 0.1) is 5.92 Å². The molecule has 0 saturated carbocycles. The first-order valence-corrected chi connectivity index (χ1v) is 14.4. The lowest BCUT2D eigenvalue weighted by Gasteiger charge is -2.32. The number of ether oxygens (including phenoxy) is 1. The predicted molar refractivity (Wildman–Crippen MR) is 153 cm³/mol. The number of amides is 2. The minimum absolute atomic E-state index is 0.0438. The van der Waals surface area contributed by atoms with Crippen LogP contribution in [0.1, 0.15) is 26.3 Å². The highest BCUT2D eigenvalue weighted by molar-refractivity contribution is 7.92. The summed E-state index contributed by atoms with van der Waals surface area (Å²) in [7, 11) is -2.70. The summed E-state index contributed by atoms with van der Waals surface area (Å²) in [5, 5.41) is 2.89.